The highest BCUT2D eigenvalue weighted by molar-refractivity contribution is 5.96. The molecule has 6 nitrogen and oxygen atoms in total. The van der Waals surface area contributed by atoms with Gasteiger partial charge in [0.2, 0.25) is 0 Å². The van der Waals surface area contributed by atoms with Crippen molar-refractivity contribution in [3.63, 3.8) is 0 Å². The molecule has 1 amide bonds. The van der Waals surface area contributed by atoms with Crippen molar-refractivity contribution in [2.75, 3.05) is 33.3 Å². The zero-order valence-electron chi connectivity index (χ0n) is 16.0. The maximum Gasteiger partial charge on any atom is 0.259 e. The second kappa shape index (κ2) is 7.91. The third kappa shape index (κ3) is 3.90. The van der Waals surface area contributed by atoms with Gasteiger partial charge < -0.3 is 14.2 Å². The maximum absolute atomic E-state index is 12.9. The standard InChI is InChI=1S/C20H27N3O3/c1-14(2)19-18(15(3)21-26-19)20(24)23-11-9-22(10-12-23)13-16-5-7-17(25-4)8-6-16/h5-8,14H,9-13H2,1-4H3. The van der Waals surface area contributed by atoms with Crippen LogP contribution in [0.25, 0.3) is 0 Å². The number of benzene rings is 1. The van der Waals surface area contributed by atoms with E-state index in [-0.39, 0.29) is 11.8 Å². The van der Waals surface area contributed by atoms with E-state index in [1.807, 2.05) is 37.8 Å². The van der Waals surface area contributed by atoms with Crippen molar-refractivity contribution in [1.82, 2.24) is 15.0 Å². The zero-order valence-corrected chi connectivity index (χ0v) is 16.0. The van der Waals surface area contributed by atoms with Gasteiger partial charge >= 0.3 is 0 Å². The lowest BCUT2D eigenvalue weighted by molar-refractivity contribution is 0.0625. The Hall–Kier alpha value is -2.34. The highest BCUT2D eigenvalue weighted by Gasteiger charge is 2.29. The van der Waals surface area contributed by atoms with E-state index in [0.717, 1.165) is 38.5 Å². The second-order valence-electron chi connectivity index (χ2n) is 7.08. The first-order chi connectivity index (χ1) is 12.5. The number of piperazine rings is 1. The van der Waals surface area contributed by atoms with Crippen molar-refractivity contribution in [1.29, 1.82) is 0 Å². The minimum atomic E-state index is 0.0385. The van der Waals surface area contributed by atoms with E-state index in [1.165, 1.54) is 5.56 Å². The van der Waals surface area contributed by atoms with E-state index in [4.69, 9.17) is 9.26 Å². The van der Waals surface area contributed by atoms with Gasteiger partial charge in [0.05, 0.1) is 12.8 Å². The summed E-state index contributed by atoms with van der Waals surface area (Å²) in [5.41, 5.74) is 2.57. The van der Waals surface area contributed by atoms with E-state index < -0.39 is 0 Å². The zero-order chi connectivity index (χ0) is 18.7. The van der Waals surface area contributed by atoms with Crippen molar-refractivity contribution in [3.8, 4) is 5.75 Å². The Morgan fingerprint density at radius 2 is 1.85 bits per heavy atom. The predicted molar refractivity (Wildman–Crippen MR) is 99.5 cm³/mol. The highest BCUT2D eigenvalue weighted by atomic mass is 16.5. The second-order valence-corrected chi connectivity index (χ2v) is 7.08. The molecule has 1 aromatic carbocycles. The molecule has 2 heterocycles. The average molecular weight is 357 g/mol. The molecule has 0 radical (unpaired) electrons. The Kier molecular flexibility index (Phi) is 5.61. The summed E-state index contributed by atoms with van der Waals surface area (Å²) in [5.74, 6) is 1.74. The normalized spacial score (nSPS) is 15.5. The lowest BCUT2D eigenvalue weighted by atomic mass is 10.0. The van der Waals surface area contributed by atoms with E-state index >= 15 is 0 Å². The minimum Gasteiger partial charge on any atom is -0.497 e. The van der Waals surface area contributed by atoms with Gasteiger partial charge in [-0.1, -0.05) is 31.1 Å². The fraction of sp³-hybridized carbons (Fsp3) is 0.500. The maximum atomic E-state index is 12.9. The van der Waals surface area contributed by atoms with Gasteiger partial charge in [-0.15, -0.1) is 0 Å². The first-order valence-electron chi connectivity index (χ1n) is 9.10. The Labute approximate surface area is 154 Å². The molecule has 1 fully saturated rings. The Balaban J connectivity index is 1.59. The van der Waals surface area contributed by atoms with Crippen LogP contribution in [0.2, 0.25) is 0 Å². The molecule has 1 saturated heterocycles. The van der Waals surface area contributed by atoms with Gasteiger partial charge in [-0.05, 0) is 24.6 Å². The molecule has 0 N–H and O–H groups in total. The van der Waals surface area contributed by atoms with Crippen molar-refractivity contribution in [3.05, 3.63) is 46.8 Å². The number of carbonyl (C=O) groups is 1. The van der Waals surface area contributed by atoms with E-state index in [0.29, 0.717) is 17.0 Å². The minimum absolute atomic E-state index is 0.0385. The van der Waals surface area contributed by atoms with Gasteiger partial charge in [-0.2, -0.15) is 0 Å². The number of nitrogens with zero attached hydrogens (tertiary/aromatic N) is 3. The molecule has 1 aromatic heterocycles. The number of rotatable bonds is 5. The average Bonchev–Trinajstić information content (AvgIpc) is 3.04. The van der Waals surface area contributed by atoms with Gasteiger partial charge in [0.15, 0.2) is 5.76 Å². The van der Waals surface area contributed by atoms with Crippen molar-refractivity contribution in [2.45, 2.75) is 33.2 Å². The molecular weight excluding hydrogens is 330 g/mol. The largest absolute Gasteiger partial charge is 0.497 e. The summed E-state index contributed by atoms with van der Waals surface area (Å²) in [6.45, 7) is 9.91. The smallest absolute Gasteiger partial charge is 0.259 e. The molecule has 0 atom stereocenters. The van der Waals surface area contributed by atoms with Crippen LogP contribution in [0.5, 0.6) is 5.75 Å². The summed E-state index contributed by atoms with van der Waals surface area (Å²) in [4.78, 5) is 17.2. The number of hydrogen-bond donors (Lipinski definition) is 0. The SMILES string of the molecule is COc1ccc(CN2CCN(C(=O)c3c(C)noc3C(C)C)CC2)cc1. The summed E-state index contributed by atoms with van der Waals surface area (Å²) in [5, 5.41) is 4.00. The summed E-state index contributed by atoms with van der Waals surface area (Å²) in [7, 11) is 1.67. The Bertz CT molecular complexity index is 744. The molecule has 2 aromatic rings. The van der Waals surface area contributed by atoms with E-state index in [1.54, 1.807) is 7.11 Å². The van der Waals surface area contributed by atoms with E-state index in [9.17, 15) is 4.79 Å². The molecule has 3 rings (SSSR count). The van der Waals surface area contributed by atoms with Crippen LogP contribution in [0.4, 0.5) is 0 Å². The topological polar surface area (TPSA) is 58.8 Å². The summed E-state index contributed by atoms with van der Waals surface area (Å²) in [6.07, 6.45) is 0. The van der Waals surface area contributed by atoms with Crippen LogP contribution in [-0.4, -0.2) is 54.2 Å². The molecular formula is C20H27N3O3. The molecule has 1 aliphatic rings. The molecule has 0 saturated carbocycles. The van der Waals surface area contributed by atoms with Crippen LogP contribution < -0.4 is 4.74 Å². The van der Waals surface area contributed by atoms with Crippen LogP contribution >= 0.6 is 0 Å². The van der Waals surface area contributed by atoms with Crippen LogP contribution in [0, 0.1) is 6.92 Å². The summed E-state index contributed by atoms with van der Waals surface area (Å²) < 4.78 is 10.6. The highest BCUT2D eigenvalue weighted by Crippen LogP contribution is 2.24. The molecule has 0 unspecified atom stereocenters. The van der Waals surface area contributed by atoms with Crippen molar-refractivity contribution >= 4 is 5.91 Å². The third-order valence-electron chi connectivity index (χ3n) is 4.85. The number of methoxy groups -OCH3 is 1. The number of ether oxygens (including phenoxy) is 1. The van der Waals surface area contributed by atoms with Crippen molar-refractivity contribution in [2.24, 2.45) is 0 Å². The lowest BCUT2D eigenvalue weighted by Gasteiger charge is -2.34. The van der Waals surface area contributed by atoms with Crippen molar-refractivity contribution < 1.29 is 14.1 Å². The number of carbonyl (C=O) groups excluding carboxylic acids is 1. The number of hydrogen-bond acceptors (Lipinski definition) is 5. The summed E-state index contributed by atoms with van der Waals surface area (Å²) in [6, 6.07) is 8.14. The first kappa shape index (κ1) is 18.5. The van der Waals surface area contributed by atoms with Crippen LogP contribution in [0.3, 0.4) is 0 Å². The van der Waals surface area contributed by atoms with Gasteiger partial charge in [-0.25, -0.2) is 0 Å². The summed E-state index contributed by atoms with van der Waals surface area (Å²) >= 11 is 0. The first-order valence-corrected chi connectivity index (χ1v) is 9.10. The van der Waals surface area contributed by atoms with Crippen LogP contribution in [0.15, 0.2) is 28.8 Å². The predicted octanol–water partition coefficient (Wildman–Crippen LogP) is 3.07. The van der Waals surface area contributed by atoms with Gasteiger partial charge in [0.1, 0.15) is 11.3 Å². The number of amides is 1. The molecule has 0 spiro atoms. The quantitative estimate of drug-likeness (QED) is 0.823. The molecule has 6 heteroatoms. The number of aromatic nitrogens is 1. The lowest BCUT2D eigenvalue weighted by Crippen LogP contribution is -2.48. The number of aryl methyl sites for hydroxylation is 1. The van der Waals surface area contributed by atoms with Crippen LogP contribution in [-0.2, 0) is 6.54 Å². The van der Waals surface area contributed by atoms with Gasteiger partial charge in [0, 0.05) is 38.6 Å². The molecule has 0 bridgehead atoms. The van der Waals surface area contributed by atoms with Gasteiger partial charge in [-0.3, -0.25) is 9.69 Å². The third-order valence-corrected chi connectivity index (χ3v) is 4.85. The molecule has 140 valence electrons. The van der Waals surface area contributed by atoms with E-state index in [2.05, 4.69) is 22.2 Å². The Morgan fingerprint density at radius 3 is 2.42 bits per heavy atom. The fourth-order valence-electron chi connectivity index (χ4n) is 3.30. The molecule has 1 aliphatic heterocycles. The molecule has 26 heavy (non-hydrogen) atoms. The Morgan fingerprint density at radius 1 is 1.19 bits per heavy atom. The van der Waals surface area contributed by atoms with Gasteiger partial charge in [0.25, 0.3) is 5.91 Å². The monoisotopic (exact) mass is 357 g/mol. The molecule has 0 aliphatic carbocycles. The fourth-order valence-corrected chi connectivity index (χ4v) is 3.30. The van der Waals surface area contributed by atoms with Crippen LogP contribution in [0.1, 0.15) is 47.1 Å².